The first-order chi connectivity index (χ1) is 22.9. The highest BCUT2D eigenvalue weighted by atomic mass is 16.4. The van der Waals surface area contributed by atoms with Crippen LogP contribution in [0, 0.1) is 0 Å². The second kappa shape index (κ2) is 17.9. The number of benzene rings is 1. The van der Waals surface area contributed by atoms with Crippen LogP contribution >= 0.6 is 0 Å². The molecule has 1 saturated carbocycles. The van der Waals surface area contributed by atoms with Gasteiger partial charge in [-0.1, -0.05) is 31.4 Å². The van der Waals surface area contributed by atoms with Gasteiger partial charge < -0.3 is 41.4 Å². The van der Waals surface area contributed by atoms with Gasteiger partial charge in [-0.3, -0.25) is 9.59 Å². The van der Waals surface area contributed by atoms with Crippen molar-refractivity contribution >= 4 is 34.5 Å². The third-order valence-electron chi connectivity index (χ3n) is 9.00. The average Bonchev–Trinajstić information content (AvgIpc) is 3.55. The van der Waals surface area contributed by atoms with E-state index in [1.165, 1.54) is 32.1 Å². The highest BCUT2D eigenvalue weighted by Crippen LogP contribution is 2.25. The van der Waals surface area contributed by atoms with Gasteiger partial charge in [0, 0.05) is 43.4 Å². The van der Waals surface area contributed by atoms with E-state index in [-0.39, 0.29) is 24.8 Å². The lowest BCUT2D eigenvalue weighted by atomic mass is 9.95. The Morgan fingerprint density at radius 1 is 0.957 bits per heavy atom. The van der Waals surface area contributed by atoms with Gasteiger partial charge in [0.15, 0.2) is 0 Å². The molecule has 2 fully saturated rings. The minimum atomic E-state index is -1.09. The summed E-state index contributed by atoms with van der Waals surface area (Å²) in [6.07, 6.45) is 11.3. The van der Waals surface area contributed by atoms with Crippen LogP contribution in [0.3, 0.4) is 0 Å². The number of nitrogens with one attached hydrogen (secondary N) is 4. The number of likely N-dealkylation sites (tertiary alicyclic amines) is 1. The van der Waals surface area contributed by atoms with Gasteiger partial charge in [-0.2, -0.15) is 4.98 Å². The number of para-hydroxylation sites is 1. The summed E-state index contributed by atoms with van der Waals surface area (Å²) in [5.41, 5.74) is 6.36. The van der Waals surface area contributed by atoms with E-state index in [2.05, 4.69) is 36.4 Å². The highest BCUT2D eigenvalue weighted by molar-refractivity contribution is 5.90. The fourth-order valence-electron chi connectivity index (χ4n) is 6.22. The summed E-state index contributed by atoms with van der Waals surface area (Å²) in [7, 11) is 0. The van der Waals surface area contributed by atoms with E-state index in [1.807, 2.05) is 24.3 Å². The third-order valence-corrected chi connectivity index (χ3v) is 9.00. The molecule has 0 bridgehead atoms. The number of rotatable bonds is 18. The van der Waals surface area contributed by atoms with E-state index in [0.717, 1.165) is 74.5 Å². The van der Waals surface area contributed by atoms with E-state index >= 15 is 0 Å². The maximum absolute atomic E-state index is 12.6. The first-order valence-electron chi connectivity index (χ1n) is 17.2. The monoisotopic (exact) mass is 650 g/mol. The van der Waals surface area contributed by atoms with Crippen LogP contribution in [0.5, 0.6) is 0 Å². The minimum Gasteiger partial charge on any atom is -0.480 e. The van der Waals surface area contributed by atoms with Crippen molar-refractivity contribution in [1.82, 2.24) is 35.7 Å². The molecule has 1 atom stereocenters. The standard InChI is InChI=1S/C33H50N10O4/c34-26(32(45)46)13-14-30(44)43-20-15-24(16-21-43)38-31-25-10-4-5-11-27(25)39-33(40-31)37-22-29-42-41-28(47-29)12-6-17-35-18-7-19-36-23-8-2-1-3-9-23/h4-5,10-11,23-24,26,35-36H,1-3,6-9,12-22,34H2,(H,45,46)(H2,37,38,39,40)/t26-/m0/s1. The number of aromatic nitrogens is 4. The third kappa shape index (κ3) is 10.8. The first-order valence-corrected chi connectivity index (χ1v) is 17.2. The number of carbonyl (C=O) groups excluding carboxylic acids is 1. The molecule has 7 N–H and O–H groups in total. The predicted octanol–water partition coefficient (Wildman–Crippen LogP) is 3.05. The number of amides is 1. The maximum atomic E-state index is 12.6. The van der Waals surface area contributed by atoms with Crippen molar-refractivity contribution < 1.29 is 19.1 Å². The number of aryl methyl sites for hydroxylation is 1. The largest absolute Gasteiger partial charge is 0.480 e. The summed E-state index contributed by atoms with van der Waals surface area (Å²) in [5, 5.41) is 32.3. The topological polar surface area (TPSA) is 196 Å². The molecule has 2 aromatic heterocycles. The van der Waals surface area contributed by atoms with Crippen LogP contribution in [0.4, 0.5) is 11.8 Å². The molecule has 1 aliphatic carbocycles. The molecule has 1 aliphatic heterocycles. The molecule has 2 aliphatic rings. The fourth-order valence-corrected chi connectivity index (χ4v) is 6.22. The van der Waals surface area contributed by atoms with E-state index in [4.69, 9.17) is 20.2 Å². The number of carboxylic acid groups (broad SMARTS) is 1. The molecule has 14 nitrogen and oxygen atoms in total. The summed E-state index contributed by atoms with van der Waals surface area (Å²) in [6.45, 7) is 4.47. The van der Waals surface area contributed by atoms with Crippen molar-refractivity contribution in [3.8, 4) is 0 Å². The molecule has 5 rings (SSSR count). The Bertz CT molecular complexity index is 1420. The second-order valence-electron chi connectivity index (χ2n) is 12.6. The zero-order chi connectivity index (χ0) is 32.8. The quantitative estimate of drug-likeness (QED) is 0.110. The zero-order valence-corrected chi connectivity index (χ0v) is 27.3. The Labute approximate surface area is 276 Å². The number of fused-ring (bicyclic) bond motifs is 1. The number of hydrogen-bond donors (Lipinski definition) is 6. The van der Waals surface area contributed by atoms with Gasteiger partial charge >= 0.3 is 5.97 Å². The molecule has 1 amide bonds. The molecule has 14 heteroatoms. The van der Waals surface area contributed by atoms with Crippen molar-refractivity contribution in [1.29, 1.82) is 0 Å². The molecule has 1 aromatic carbocycles. The lowest BCUT2D eigenvalue weighted by Gasteiger charge is -2.33. The summed E-state index contributed by atoms with van der Waals surface area (Å²) in [6, 6.07) is 7.65. The number of piperidine rings is 1. The number of carboxylic acids is 1. The van der Waals surface area contributed by atoms with Crippen LogP contribution in [0.25, 0.3) is 10.9 Å². The van der Waals surface area contributed by atoms with Crippen molar-refractivity contribution in [3.05, 3.63) is 36.0 Å². The van der Waals surface area contributed by atoms with Crippen LogP contribution < -0.4 is 27.0 Å². The van der Waals surface area contributed by atoms with E-state index in [0.29, 0.717) is 37.4 Å². The van der Waals surface area contributed by atoms with E-state index in [1.54, 1.807) is 4.90 Å². The van der Waals surface area contributed by atoms with Crippen molar-refractivity contribution in [3.63, 3.8) is 0 Å². The van der Waals surface area contributed by atoms with E-state index < -0.39 is 12.0 Å². The van der Waals surface area contributed by atoms with Gasteiger partial charge in [-0.05, 0) is 76.7 Å². The fraction of sp³-hybridized carbons (Fsp3) is 0.636. The van der Waals surface area contributed by atoms with Gasteiger partial charge in [-0.25, -0.2) is 4.98 Å². The van der Waals surface area contributed by atoms with Gasteiger partial charge in [0.1, 0.15) is 11.9 Å². The first kappa shape index (κ1) is 34.5. The highest BCUT2D eigenvalue weighted by Gasteiger charge is 2.25. The number of hydrogen-bond acceptors (Lipinski definition) is 12. The molecule has 0 unspecified atom stereocenters. The minimum absolute atomic E-state index is 0.0621. The van der Waals surface area contributed by atoms with Crippen LogP contribution in [0.2, 0.25) is 0 Å². The van der Waals surface area contributed by atoms with Gasteiger partial charge in [0.2, 0.25) is 23.6 Å². The maximum Gasteiger partial charge on any atom is 0.320 e. The Hall–Kier alpha value is -3.88. The van der Waals surface area contributed by atoms with Crippen LogP contribution in [0.1, 0.15) is 82.4 Å². The molecule has 3 heterocycles. The van der Waals surface area contributed by atoms with Gasteiger partial charge in [-0.15, -0.1) is 10.2 Å². The Kier molecular flexibility index (Phi) is 13.1. The normalized spacial score (nSPS) is 16.7. The van der Waals surface area contributed by atoms with Crippen LogP contribution in [0.15, 0.2) is 28.7 Å². The second-order valence-corrected chi connectivity index (χ2v) is 12.6. The molecular weight excluding hydrogens is 600 g/mol. The molecule has 256 valence electrons. The lowest BCUT2D eigenvalue weighted by Crippen LogP contribution is -2.43. The van der Waals surface area contributed by atoms with Crippen LogP contribution in [-0.2, 0) is 22.6 Å². The van der Waals surface area contributed by atoms with E-state index in [9.17, 15) is 9.59 Å². The summed E-state index contributed by atoms with van der Waals surface area (Å²) in [4.78, 5) is 34.7. The Balaban J connectivity index is 1.03. The Morgan fingerprint density at radius 3 is 2.53 bits per heavy atom. The lowest BCUT2D eigenvalue weighted by molar-refractivity contribution is -0.139. The number of nitrogens with two attached hydrogens (primary N) is 1. The predicted molar refractivity (Wildman–Crippen MR) is 180 cm³/mol. The summed E-state index contributed by atoms with van der Waals surface area (Å²) in [5.74, 6) is 1.13. The number of aliphatic carboxylic acids is 1. The van der Waals surface area contributed by atoms with Gasteiger partial charge in [0.25, 0.3) is 0 Å². The van der Waals surface area contributed by atoms with Crippen molar-refractivity contribution in [2.75, 3.05) is 43.4 Å². The molecule has 3 aromatic rings. The van der Waals surface area contributed by atoms with Crippen LogP contribution in [-0.4, -0.2) is 92.9 Å². The zero-order valence-electron chi connectivity index (χ0n) is 27.3. The smallest absolute Gasteiger partial charge is 0.320 e. The number of carbonyl (C=O) groups is 2. The SMILES string of the molecule is N[C@@H](CCC(=O)N1CCC(Nc2nc(NCc3nnc(CCCNCCCNC4CCCCC4)o3)nc3ccccc23)CC1)C(=O)O. The average molecular weight is 651 g/mol. The molecular formula is C33H50N10O4. The summed E-state index contributed by atoms with van der Waals surface area (Å²) >= 11 is 0. The molecule has 47 heavy (non-hydrogen) atoms. The van der Waals surface area contributed by atoms with Crippen molar-refractivity contribution in [2.45, 2.75) is 102 Å². The summed E-state index contributed by atoms with van der Waals surface area (Å²) < 4.78 is 5.87. The van der Waals surface area contributed by atoms with Crippen molar-refractivity contribution in [2.24, 2.45) is 5.73 Å². The Morgan fingerprint density at radius 2 is 1.72 bits per heavy atom. The number of nitrogens with zero attached hydrogens (tertiary/aromatic N) is 5. The molecule has 0 radical (unpaired) electrons. The molecule has 0 spiro atoms. The molecule has 1 saturated heterocycles. The van der Waals surface area contributed by atoms with Gasteiger partial charge in [0.05, 0.1) is 12.1 Å². The number of anilines is 2.